The number of rotatable bonds is 5. The number of aryl methyl sites for hydroxylation is 1. The molecule has 1 heterocycles. The Morgan fingerprint density at radius 2 is 2.14 bits per heavy atom. The third-order valence-electron chi connectivity index (χ3n) is 4.45. The second kappa shape index (κ2) is 8.93. The summed E-state index contributed by atoms with van der Waals surface area (Å²) in [6, 6.07) is 9.16. The van der Waals surface area contributed by atoms with Crippen LogP contribution in [-0.2, 0) is 17.6 Å². The summed E-state index contributed by atoms with van der Waals surface area (Å²) >= 11 is 7.47. The number of ether oxygens (including phenoxy) is 1. The van der Waals surface area contributed by atoms with E-state index in [1.54, 1.807) is 18.2 Å². The fourth-order valence-corrected chi connectivity index (χ4v) is 4.58. The number of thiophene rings is 1. The molecular formula is C21H18ClN3O2S. The van der Waals surface area contributed by atoms with Crippen LogP contribution in [0.5, 0.6) is 5.75 Å². The molecule has 0 spiro atoms. The van der Waals surface area contributed by atoms with Crippen LogP contribution in [0.25, 0.3) is 6.08 Å². The lowest BCUT2D eigenvalue weighted by atomic mass is 9.96. The van der Waals surface area contributed by atoms with Gasteiger partial charge in [-0.05, 0) is 62.4 Å². The third-order valence-corrected chi connectivity index (χ3v) is 5.89. The van der Waals surface area contributed by atoms with Gasteiger partial charge < -0.3 is 10.1 Å². The molecule has 0 fully saturated rings. The minimum Gasteiger partial charge on any atom is -0.493 e. The average Bonchev–Trinajstić information content (AvgIpc) is 3.04. The molecule has 1 aromatic carbocycles. The highest BCUT2D eigenvalue weighted by atomic mass is 35.5. The lowest BCUT2D eigenvalue weighted by Gasteiger charge is -2.09. The molecule has 3 rings (SSSR count). The van der Waals surface area contributed by atoms with Gasteiger partial charge >= 0.3 is 0 Å². The highest BCUT2D eigenvalue weighted by Crippen LogP contribution is 2.37. The Morgan fingerprint density at radius 3 is 2.86 bits per heavy atom. The molecular weight excluding hydrogens is 394 g/mol. The van der Waals surface area contributed by atoms with Crippen molar-refractivity contribution >= 4 is 39.9 Å². The summed E-state index contributed by atoms with van der Waals surface area (Å²) in [7, 11) is 0. The number of halogens is 1. The predicted octanol–water partition coefficient (Wildman–Crippen LogP) is 5.10. The first kappa shape index (κ1) is 19.9. The number of hydrogen-bond donors (Lipinski definition) is 1. The monoisotopic (exact) mass is 411 g/mol. The van der Waals surface area contributed by atoms with Crippen LogP contribution in [0.15, 0.2) is 23.8 Å². The first-order valence-electron chi connectivity index (χ1n) is 8.97. The summed E-state index contributed by atoms with van der Waals surface area (Å²) in [5.41, 5.74) is 2.01. The Hall–Kier alpha value is -2.80. The zero-order valence-corrected chi connectivity index (χ0v) is 16.9. The van der Waals surface area contributed by atoms with Crippen LogP contribution in [0.2, 0.25) is 5.02 Å². The third kappa shape index (κ3) is 4.20. The average molecular weight is 412 g/mol. The van der Waals surface area contributed by atoms with Crippen LogP contribution < -0.4 is 10.1 Å². The highest BCUT2D eigenvalue weighted by molar-refractivity contribution is 7.16. The highest BCUT2D eigenvalue weighted by Gasteiger charge is 2.22. The Kier molecular flexibility index (Phi) is 6.36. The second-order valence-electron chi connectivity index (χ2n) is 6.27. The standard InChI is InChI=1S/C21H18ClN3O2S/c1-2-27-18-8-7-15(22)10-13(18)9-14(11-23)20(26)25-21-17(12-24)16-5-3-4-6-19(16)28-21/h7-10H,2-6H2,1H3,(H,25,26)/b14-9-. The lowest BCUT2D eigenvalue weighted by Crippen LogP contribution is -2.13. The molecule has 142 valence electrons. The van der Waals surface area contributed by atoms with Crippen molar-refractivity contribution in [3.05, 3.63) is 50.4 Å². The van der Waals surface area contributed by atoms with Crippen molar-refractivity contribution in [2.24, 2.45) is 0 Å². The molecule has 1 aromatic heterocycles. The van der Waals surface area contributed by atoms with E-state index in [1.165, 1.54) is 17.4 Å². The van der Waals surface area contributed by atoms with Gasteiger partial charge in [0.05, 0.1) is 12.2 Å². The molecule has 0 saturated carbocycles. The van der Waals surface area contributed by atoms with Crippen LogP contribution in [0.4, 0.5) is 5.00 Å². The first-order chi connectivity index (χ1) is 13.6. The molecule has 1 amide bonds. The molecule has 1 aliphatic rings. The number of nitriles is 2. The van der Waals surface area contributed by atoms with Gasteiger partial charge in [0.1, 0.15) is 28.5 Å². The zero-order chi connectivity index (χ0) is 20.1. The topological polar surface area (TPSA) is 85.9 Å². The summed E-state index contributed by atoms with van der Waals surface area (Å²) in [6.45, 7) is 2.30. The summed E-state index contributed by atoms with van der Waals surface area (Å²) in [4.78, 5) is 13.9. The maximum Gasteiger partial charge on any atom is 0.266 e. The quantitative estimate of drug-likeness (QED) is 0.548. The van der Waals surface area contributed by atoms with E-state index >= 15 is 0 Å². The molecule has 28 heavy (non-hydrogen) atoms. The van der Waals surface area contributed by atoms with Gasteiger partial charge in [0.15, 0.2) is 0 Å². The first-order valence-corrected chi connectivity index (χ1v) is 10.2. The van der Waals surface area contributed by atoms with Crippen molar-refractivity contribution in [3.8, 4) is 17.9 Å². The van der Waals surface area contributed by atoms with E-state index in [0.29, 0.717) is 33.5 Å². The van der Waals surface area contributed by atoms with Gasteiger partial charge in [-0.1, -0.05) is 11.6 Å². The summed E-state index contributed by atoms with van der Waals surface area (Å²) < 4.78 is 5.54. The van der Waals surface area contributed by atoms with Gasteiger partial charge in [0.25, 0.3) is 5.91 Å². The number of benzene rings is 1. The second-order valence-corrected chi connectivity index (χ2v) is 7.81. The van der Waals surface area contributed by atoms with E-state index in [9.17, 15) is 15.3 Å². The molecule has 7 heteroatoms. The Bertz CT molecular complexity index is 1030. The van der Waals surface area contributed by atoms with Crippen molar-refractivity contribution in [2.75, 3.05) is 11.9 Å². The van der Waals surface area contributed by atoms with E-state index in [4.69, 9.17) is 16.3 Å². The lowest BCUT2D eigenvalue weighted by molar-refractivity contribution is -0.112. The van der Waals surface area contributed by atoms with Gasteiger partial charge in [-0.25, -0.2) is 0 Å². The smallest absolute Gasteiger partial charge is 0.266 e. The van der Waals surface area contributed by atoms with Crippen LogP contribution in [-0.4, -0.2) is 12.5 Å². The predicted molar refractivity (Wildman–Crippen MR) is 111 cm³/mol. The van der Waals surface area contributed by atoms with Gasteiger partial charge in [0.2, 0.25) is 0 Å². The maximum absolute atomic E-state index is 12.7. The molecule has 1 aliphatic carbocycles. The summed E-state index contributed by atoms with van der Waals surface area (Å²) in [5, 5.41) is 22.8. The van der Waals surface area contributed by atoms with Crippen molar-refractivity contribution in [1.29, 1.82) is 10.5 Å². The number of carbonyl (C=O) groups excluding carboxylic acids is 1. The SMILES string of the molecule is CCOc1ccc(Cl)cc1/C=C(/C#N)C(=O)Nc1sc2c(c1C#N)CCCC2. The summed E-state index contributed by atoms with van der Waals surface area (Å²) in [6.07, 6.45) is 5.36. The fraction of sp³-hybridized carbons (Fsp3) is 0.286. The Morgan fingerprint density at radius 1 is 1.36 bits per heavy atom. The van der Waals surface area contributed by atoms with E-state index < -0.39 is 5.91 Å². The normalized spacial score (nSPS) is 13.2. The number of anilines is 1. The number of nitrogens with one attached hydrogen (secondary N) is 1. The van der Waals surface area contributed by atoms with Gasteiger partial charge in [-0.15, -0.1) is 11.3 Å². The summed E-state index contributed by atoms with van der Waals surface area (Å²) in [5.74, 6) is -0.0169. The molecule has 0 aliphatic heterocycles. The number of nitrogens with zero attached hydrogens (tertiary/aromatic N) is 2. The van der Waals surface area contributed by atoms with Gasteiger partial charge in [-0.3, -0.25) is 4.79 Å². The molecule has 0 saturated heterocycles. The largest absolute Gasteiger partial charge is 0.493 e. The van der Waals surface area contributed by atoms with Crippen LogP contribution in [0, 0.1) is 22.7 Å². The maximum atomic E-state index is 12.7. The van der Waals surface area contributed by atoms with Gasteiger partial charge in [-0.2, -0.15) is 10.5 Å². The zero-order valence-electron chi connectivity index (χ0n) is 15.3. The van der Waals surface area contributed by atoms with E-state index in [-0.39, 0.29) is 5.57 Å². The van der Waals surface area contributed by atoms with Crippen LogP contribution in [0.1, 0.15) is 41.3 Å². The minimum atomic E-state index is -0.556. The molecule has 0 bridgehead atoms. The Balaban J connectivity index is 1.91. The number of amides is 1. The number of hydrogen-bond acceptors (Lipinski definition) is 5. The molecule has 1 N–H and O–H groups in total. The molecule has 0 unspecified atom stereocenters. The van der Waals surface area contributed by atoms with E-state index in [0.717, 1.165) is 36.1 Å². The Labute approximate surface area is 172 Å². The van der Waals surface area contributed by atoms with Crippen molar-refractivity contribution in [3.63, 3.8) is 0 Å². The molecule has 0 radical (unpaired) electrons. The van der Waals surface area contributed by atoms with Crippen LogP contribution in [0.3, 0.4) is 0 Å². The fourth-order valence-electron chi connectivity index (χ4n) is 3.17. The molecule has 5 nitrogen and oxygen atoms in total. The minimum absolute atomic E-state index is 0.0847. The molecule has 0 atom stereocenters. The van der Waals surface area contributed by atoms with Crippen molar-refractivity contribution < 1.29 is 9.53 Å². The number of fused-ring (bicyclic) bond motifs is 1. The van der Waals surface area contributed by atoms with E-state index in [2.05, 4.69) is 11.4 Å². The van der Waals surface area contributed by atoms with Crippen LogP contribution >= 0.6 is 22.9 Å². The number of carbonyl (C=O) groups is 1. The van der Waals surface area contributed by atoms with Gasteiger partial charge in [0, 0.05) is 15.5 Å². The molecule has 2 aromatic rings. The van der Waals surface area contributed by atoms with Crippen molar-refractivity contribution in [2.45, 2.75) is 32.6 Å². The van der Waals surface area contributed by atoms with E-state index in [1.807, 2.05) is 13.0 Å². The van der Waals surface area contributed by atoms with Crippen molar-refractivity contribution in [1.82, 2.24) is 0 Å².